The normalized spacial score (nSPS) is 10.1. The molecule has 0 heterocycles. The van der Waals surface area contributed by atoms with Crippen LogP contribution in [0.3, 0.4) is 0 Å². The van der Waals surface area contributed by atoms with Crippen LogP contribution in [0.5, 0.6) is 0 Å². The smallest absolute Gasteiger partial charge is 0.315 e. The van der Waals surface area contributed by atoms with Crippen molar-refractivity contribution in [2.45, 2.75) is 12.7 Å². The Kier molecular flexibility index (Phi) is 5.57. The van der Waals surface area contributed by atoms with Crippen molar-refractivity contribution < 1.29 is 18.8 Å². The Hall–Kier alpha value is -1.63. The Balaban J connectivity index is 2.51. The molecule has 0 saturated heterocycles. The lowest BCUT2D eigenvalue weighted by Gasteiger charge is -2.03. The molecular weight excluding hydrogens is 261 g/mol. The van der Waals surface area contributed by atoms with Crippen LogP contribution in [0.25, 0.3) is 0 Å². The van der Waals surface area contributed by atoms with E-state index in [9.17, 15) is 19.3 Å². The number of ether oxygens (including phenoxy) is 1. The molecule has 0 amide bonds. The van der Waals surface area contributed by atoms with E-state index in [1.165, 1.54) is 17.8 Å². The Morgan fingerprint density at radius 3 is 2.83 bits per heavy atom. The fraction of sp³-hybridized carbons (Fsp3) is 0.364. The summed E-state index contributed by atoms with van der Waals surface area (Å²) >= 11 is 1.27. The fourth-order valence-corrected chi connectivity index (χ4v) is 2.01. The number of hydrogen-bond acceptors (Lipinski definition) is 5. The number of rotatable bonds is 6. The molecule has 5 nitrogen and oxygen atoms in total. The maximum absolute atomic E-state index is 13.3. The highest BCUT2D eigenvalue weighted by Crippen LogP contribution is 2.20. The Bertz CT molecular complexity index is 453. The van der Waals surface area contributed by atoms with E-state index < -0.39 is 16.4 Å². The standard InChI is InChI=1S/C11H12FNO4S/c1-2-17-11(14)7-18-6-8-3-4-10(13(15)16)9(12)5-8/h3-5H,2,6-7H2,1H3. The number of esters is 1. The molecule has 0 fully saturated rings. The number of thioether (sulfide) groups is 1. The number of hydrogen-bond donors (Lipinski definition) is 0. The zero-order valence-electron chi connectivity index (χ0n) is 9.72. The summed E-state index contributed by atoms with van der Waals surface area (Å²) < 4.78 is 18.0. The van der Waals surface area contributed by atoms with Crippen molar-refractivity contribution in [2.75, 3.05) is 12.4 Å². The van der Waals surface area contributed by atoms with Crippen LogP contribution in [0.4, 0.5) is 10.1 Å². The topological polar surface area (TPSA) is 69.4 Å². The van der Waals surface area contributed by atoms with Crippen molar-refractivity contribution >= 4 is 23.4 Å². The van der Waals surface area contributed by atoms with E-state index in [4.69, 9.17) is 4.74 Å². The molecule has 0 spiro atoms. The molecule has 0 N–H and O–H groups in total. The second-order valence-electron chi connectivity index (χ2n) is 3.34. The van der Waals surface area contributed by atoms with Crippen molar-refractivity contribution in [3.05, 3.63) is 39.7 Å². The molecular formula is C11H12FNO4S. The highest BCUT2D eigenvalue weighted by atomic mass is 32.2. The van der Waals surface area contributed by atoms with Crippen LogP contribution in [-0.4, -0.2) is 23.3 Å². The summed E-state index contributed by atoms with van der Waals surface area (Å²) in [7, 11) is 0. The summed E-state index contributed by atoms with van der Waals surface area (Å²) in [6, 6.07) is 3.70. The van der Waals surface area contributed by atoms with Gasteiger partial charge in [0.1, 0.15) is 0 Å². The van der Waals surface area contributed by atoms with Gasteiger partial charge in [0.15, 0.2) is 0 Å². The largest absolute Gasteiger partial charge is 0.465 e. The van der Waals surface area contributed by atoms with Gasteiger partial charge in [0.05, 0.1) is 17.3 Å². The minimum absolute atomic E-state index is 0.173. The third-order valence-electron chi connectivity index (χ3n) is 2.00. The summed E-state index contributed by atoms with van der Waals surface area (Å²) in [6.07, 6.45) is 0. The van der Waals surface area contributed by atoms with Crippen LogP contribution < -0.4 is 0 Å². The first kappa shape index (κ1) is 14.4. The van der Waals surface area contributed by atoms with E-state index in [2.05, 4.69) is 0 Å². The lowest BCUT2D eigenvalue weighted by molar-refractivity contribution is -0.387. The summed E-state index contributed by atoms with van der Waals surface area (Å²) in [5.41, 5.74) is 0.0431. The van der Waals surface area contributed by atoms with Gasteiger partial charge in [-0.2, -0.15) is 4.39 Å². The Morgan fingerprint density at radius 2 is 2.28 bits per heavy atom. The van der Waals surface area contributed by atoms with Crippen LogP contribution in [0.15, 0.2) is 18.2 Å². The van der Waals surface area contributed by atoms with Crippen LogP contribution in [-0.2, 0) is 15.3 Å². The molecule has 0 atom stereocenters. The summed E-state index contributed by atoms with van der Waals surface area (Å²) in [6.45, 7) is 2.04. The predicted octanol–water partition coefficient (Wildman–Crippen LogP) is 2.53. The molecule has 0 aliphatic carbocycles. The molecule has 1 rings (SSSR count). The molecule has 0 unspecified atom stereocenters. The molecule has 0 aliphatic rings. The molecule has 98 valence electrons. The molecule has 0 saturated carbocycles. The summed E-state index contributed by atoms with van der Waals surface area (Å²) in [4.78, 5) is 20.7. The van der Waals surface area contributed by atoms with E-state index in [1.54, 1.807) is 6.92 Å². The quantitative estimate of drug-likeness (QED) is 0.452. The maximum atomic E-state index is 13.3. The average molecular weight is 273 g/mol. The SMILES string of the molecule is CCOC(=O)CSCc1ccc([N+](=O)[O-])c(F)c1. The molecule has 0 aliphatic heterocycles. The molecule has 0 aromatic heterocycles. The number of nitro benzene ring substituents is 1. The zero-order chi connectivity index (χ0) is 13.5. The van der Waals surface area contributed by atoms with Crippen molar-refractivity contribution in [1.82, 2.24) is 0 Å². The highest BCUT2D eigenvalue weighted by molar-refractivity contribution is 7.99. The first-order valence-corrected chi connectivity index (χ1v) is 6.36. The van der Waals surface area contributed by atoms with Gasteiger partial charge in [-0.15, -0.1) is 11.8 Å². The van der Waals surface area contributed by atoms with Crippen LogP contribution >= 0.6 is 11.8 Å². The van der Waals surface area contributed by atoms with Gasteiger partial charge >= 0.3 is 11.7 Å². The third kappa shape index (κ3) is 4.33. The molecule has 7 heteroatoms. The number of nitrogens with zero attached hydrogens (tertiary/aromatic N) is 1. The van der Waals surface area contributed by atoms with Gasteiger partial charge < -0.3 is 4.74 Å². The number of halogens is 1. The lowest BCUT2D eigenvalue weighted by atomic mass is 10.2. The van der Waals surface area contributed by atoms with E-state index >= 15 is 0 Å². The first-order valence-electron chi connectivity index (χ1n) is 5.20. The summed E-state index contributed by atoms with van der Waals surface area (Å²) in [5.74, 6) is -0.626. The van der Waals surface area contributed by atoms with E-state index in [0.717, 1.165) is 12.1 Å². The molecule has 1 aromatic rings. The number of benzene rings is 1. The number of carbonyl (C=O) groups is 1. The number of carbonyl (C=O) groups excluding carboxylic acids is 1. The van der Waals surface area contributed by atoms with Crippen molar-refractivity contribution in [2.24, 2.45) is 0 Å². The molecule has 18 heavy (non-hydrogen) atoms. The minimum Gasteiger partial charge on any atom is -0.465 e. The molecule has 1 aromatic carbocycles. The molecule has 0 radical (unpaired) electrons. The Labute approximate surface area is 107 Å². The fourth-order valence-electron chi connectivity index (χ4n) is 1.24. The average Bonchev–Trinajstić information content (AvgIpc) is 2.29. The lowest BCUT2D eigenvalue weighted by Crippen LogP contribution is -2.06. The second-order valence-corrected chi connectivity index (χ2v) is 4.33. The zero-order valence-corrected chi connectivity index (χ0v) is 10.5. The van der Waals surface area contributed by atoms with Crippen molar-refractivity contribution in [3.8, 4) is 0 Å². The monoisotopic (exact) mass is 273 g/mol. The van der Waals surface area contributed by atoms with E-state index in [-0.39, 0.29) is 11.7 Å². The van der Waals surface area contributed by atoms with Gasteiger partial charge in [-0.1, -0.05) is 6.07 Å². The van der Waals surface area contributed by atoms with Crippen LogP contribution in [0, 0.1) is 15.9 Å². The van der Waals surface area contributed by atoms with Gasteiger partial charge in [0, 0.05) is 11.8 Å². The van der Waals surface area contributed by atoms with E-state index in [0.29, 0.717) is 17.9 Å². The van der Waals surface area contributed by atoms with Crippen molar-refractivity contribution in [3.63, 3.8) is 0 Å². The van der Waals surface area contributed by atoms with E-state index in [1.807, 2.05) is 0 Å². The van der Waals surface area contributed by atoms with Gasteiger partial charge in [-0.3, -0.25) is 14.9 Å². The summed E-state index contributed by atoms with van der Waals surface area (Å²) in [5, 5.41) is 10.4. The first-order chi connectivity index (χ1) is 8.54. The van der Waals surface area contributed by atoms with Gasteiger partial charge in [0.25, 0.3) is 0 Å². The van der Waals surface area contributed by atoms with Crippen LogP contribution in [0.1, 0.15) is 12.5 Å². The van der Waals surface area contributed by atoms with Gasteiger partial charge in [0.2, 0.25) is 5.82 Å². The maximum Gasteiger partial charge on any atom is 0.315 e. The minimum atomic E-state index is -0.866. The van der Waals surface area contributed by atoms with Gasteiger partial charge in [-0.25, -0.2) is 0 Å². The third-order valence-corrected chi connectivity index (χ3v) is 2.98. The number of nitro groups is 1. The van der Waals surface area contributed by atoms with Gasteiger partial charge in [-0.05, 0) is 18.6 Å². The Morgan fingerprint density at radius 1 is 1.56 bits per heavy atom. The van der Waals surface area contributed by atoms with Crippen LogP contribution in [0.2, 0.25) is 0 Å². The van der Waals surface area contributed by atoms with Crippen molar-refractivity contribution in [1.29, 1.82) is 0 Å². The second kappa shape index (κ2) is 6.95. The highest BCUT2D eigenvalue weighted by Gasteiger charge is 2.13. The predicted molar refractivity (Wildman–Crippen MR) is 65.8 cm³/mol. The molecule has 0 bridgehead atoms.